The summed E-state index contributed by atoms with van der Waals surface area (Å²) in [4.78, 5) is 16.9. The first-order chi connectivity index (χ1) is 6.69. The standard InChI is InChI=1S/C10H16N2O2/c1-3-9(11-4-2)12-6-5-8(7-12)10(13)14/h3-4,8H,5-7H2,1-2H3,(H,13,14)/b9-3+,11-4-/t8-/m1/s1. The zero-order valence-corrected chi connectivity index (χ0v) is 8.60. The highest BCUT2D eigenvalue weighted by atomic mass is 16.4. The van der Waals surface area contributed by atoms with Gasteiger partial charge in [-0.2, -0.15) is 0 Å². The summed E-state index contributed by atoms with van der Waals surface area (Å²) in [7, 11) is 0. The molecule has 1 aliphatic heterocycles. The number of carbonyl (C=O) groups is 1. The third-order valence-electron chi connectivity index (χ3n) is 2.38. The second-order valence-corrected chi connectivity index (χ2v) is 3.30. The van der Waals surface area contributed by atoms with Gasteiger partial charge in [0.15, 0.2) is 0 Å². The van der Waals surface area contributed by atoms with Crippen molar-refractivity contribution in [1.29, 1.82) is 0 Å². The molecular weight excluding hydrogens is 180 g/mol. The van der Waals surface area contributed by atoms with Crippen molar-refractivity contribution < 1.29 is 9.90 Å². The molecule has 0 radical (unpaired) electrons. The predicted octanol–water partition coefficient (Wildman–Crippen LogP) is 1.34. The highest BCUT2D eigenvalue weighted by molar-refractivity contribution is 5.70. The summed E-state index contributed by atoms with van der Waals surface area (Å²) in [6.07, 6.45) is 4.35. The maximum atomic E-state index is 10.7. The lowest BCUT2D eigenvalue weighted by molar-refractivity contribution is -0.141. The van der Waals surface area contributed by atoms with Gasteiger partial charge in [0.1, 0.15) is 5.82 Å². The molecule has 0 amide bonds. The lowest BCUT2D eigenvalue weighted by Gasteiger charge is -2.17. The van der Waals surface area contributed by atoms with E-state index in [2.05, 4.69) is 4.99 Å². The van der Waals surface area contributed by atoms with E-state index in [1.54, 1.807) is 6.21 Å². The lowest BCUT2D eigenvalue weighted by atomic mass is 10.1. The van der Waals surface area contributed by atoms with E-state index < -0.39 is 5.97 Å². The van der Waals surface area contributed by atoms with Crippen molar-refractivity contribution in [3.05, 3.63) is 11.9 Å². The van der Waals surface area contributed by atoms with Crippen LogP contribution in [0, 0.1) is 5.92 Å². The van der Waals surface area contributed by atoms with Gasteiger partial charge in [0.2, 0.25) is 0 Å². The molecule has 0 aromatic carbocycles. The van der Waals surface area contributed by atoms with Gasteiger partial charge < -0.3 is 10.0 Å². The van der Waals surface area contributed by atoms with E-state index in [0.29, 0.717) is 13.0 Å². The van der Waals surface area contributed by atoms with Crippen molar-refractivity contribution in [1.82, 2.24) is 4.90 Å². The molecule has 0 saturated carbocycles. The van der Waals surface area contributed by atoms with Crippen LogP contribution in [-0.2, 0) is 4.79 Å². The summed E-state index contributed by atoms with van der Waals surface area (Å²) < 4.78 is 0. The van der Waals surface area contributed by atoms with Crippen molar-refractivity contribution >= 4 is 12.2 Å². The fourth-order valence-corrected chi connectivity index (χ4v) is 1.64. The number of hydrogen-bond acceptors (Lipinski definition) is 3. The van der Waals surface area contributed by atoms with Crippen LogP contribution in [0.15, 0.2) is 16.9 Å². The Morgan fingerprint density at radius 1 is 1.57 bits per heavy atom. The highest BCUT2D eigenvalue weighted by Crippen LogP contribution is 2.20. The number of rotatable bonds is 3. The van der Waals surface area contributed by atoms with Gasteiger partial charge in [-0.25, -0.2) is 4.99 Å². The predicted molar refractivity (Wildman–Crippen MR) is 55.2 cm³/mol. The summed E-state index contributed by atoms with van der Waals surface area (Å²) in [5, 5.41) is 8.83. The quantitative estimate of drug-likeness (QED) is 0.693. The molecule has 0 aromatic heterocycles. The molecule has 1 rings (SSSR count). The van der Waals surface area contributed by atoms with Crippen molar-refractivity contribution in [2.75, 3.05) is 13.1 Å². The lowest BCUT2D eigenvalue weighted by Crippen LogP contribution is -2.22. The van der Waals surface area contributed by atoms with Gasteiger partial charge in [0.25, 0.3) is 0 Å². The van der Waals surface area contributed by atoms with Crippen molar-refractivity contribution in [3.63, 3.8) is 0 Å². The molecular formula is C10H16N2O2. The average molecular weight is 196 g/mol. The number of carboxylic acid groups (broad SMARTS) is 1. The molecule has 0 spiro atoms. The fraction of sp³-hybridized carbons (Fsp3) is 0.600. The van der Waals surface area contributed by atoms with Gasteiger partial charge in [-0.15, -0.1) is 0 Å². The Bertz CT molecular complexity index is 271. The minimum absolute atomic E-state index is 0.239. The van der Waals surface area contributed by atoms with Crippen LogP contribution in [-0.4, -0.2) is 35.3 Å². The van der Waals surface area contributed by atoms with E-state index in [-0.39, 0.29) is 5.92 Å². The van der Waals surface area contributed by atoms with Crippen LogP contribution >= 0.6 is 0 Å². The summed E-state index contributed by atoms with van der Waals surface area (Å²) in [5.74, 6) is -0.0725. The number of aliphatic carboxylic acids is 1. The third-order valence-corrected chi connectivity index (χ3v) is 2.38. The summed E-state index contributed by atoms with van der Waals surface area (Å²) in [6.45, 7) is 5.13. The van der Waals surface area contributed by atoms with E-state index in [4.69, 9.17) is 5.11 Å². The molecule has 1 saturated heterocycles. The van der Waals surface area contributed by atoms with E-state index in [1.165, 1.54) is 0 Å². The molecule has 1 aliphatic rings. The Morgan fingerprint density at radius 3 is 2.71 bits per heavy atom. The maximum absolute atomic E-state index is 10.7. The molecule has 0 bridgehead atoms. The van der Waals surface area contributed by atoms with E-state index >= 15 is 0 Å². The van der Waals surface area contributed by atoms with Crippen LogP contribution in [0.3, 0.4) is 0 Å². The smallest absolute Gasteiger partial charge is 0.308 e. The Hall–Kier alpha value is -1.32. The first-order valence-corrected chi connectivity index (χ1v) is 4.81. The van der Waals surface area contributed by atoms with Crippen LogP contribution in [0.2, 0.25) is 0 Å². The second-order valence-electron chi connectivity index (χ2n) is 3.30. The van der Waals surface area contributed by atoms with Gasteiger partial charge in [0, 0.05) is 19.3 Å². The molecule has 4 nitrogen and oxygen atoms in total. The second kappa shape index (κ2) is 4.79. The summed E-state index contributed by atoms with van der Waals surface area (Å²) in [5.41, 5.74) is 0. The van der Waals surface area contributed by atoms with Crippen LogP contribution in [0.4, 0.5) is 0 Å². The molecule has 0 aliphatic carbocycles. The molecule has 1 atom stereocenters. The van der Waals surface area contributed by atoms with E-state index in [1.807, 2.05) is 24.8 Å². The van der Waals surface area contributed by atoms with Crippen LogP contribution in [0.5, 0.6) is 0 Å². The molecule has 1 fully saturated rings. The Labute approximate surface area is 83.9 Å². The van der Waals surface area contributed by atoms with Gasteiger partial charge in [-0.3, -0.25) is 4.79 Å². The Morgan fingerprint density at radius 2 is 2.29 bits per heavy atom. The topological polar surface area (TPSA) is 52.9 Å². The SMILES string of the molecule is C/C=N\C(=C/C)N1CC[C@@H](C(=O)O)C1. The molecule has 0 unspecified atom stereocenters. The molecule has 1 N–H and O–H groups in total. The van der Waals surface area contributed by atoms with Gasteiger partial charge in [0.05, 0.1) is 5.92 Å². The monoisotopic (exact) mass is 196 g/mol. The molecule has 4 heteroatoms. The fourth-order valence-electron chi connectivity index (χ4n) is 1.64. The Kier molecular flexibility index (Phi) is 3.68. The van der Waals surface area contributed by atoms with Crippen LogP contribution in [0.25, 0.3) is 0 Å². The Balaban J connectivity index is 2.61. The number of likely N-dealkylation sites (tertiary alicyclic amines) is 1. The van der Waals surface area contributed by atoms with E-state index in [0.717, 1.165) is 12.4 Å². The number of carboxylic acids is 1. The minimum Gasteiger partial charge on any atom is -0.481 e. The maximum Gasteiger partial charge on any atom is 0.308 e. The average Bonchev–Trinajstić information content (AvgIpc) is 2.63. The third kappa shape index (κ3) is 2.34. The van der Waals surface area contributed by atoms with Crippen molar-refractivity contribution in [2.45, 2.75) is 20.3 Å². The molecule has 0 aromatic rings. The molecule has 1 heterocycles. The van der Waals surface area contributed by atoms with Crippen LogP contribution in [0.1, 0.15) is 20.3 Å². The molecule has 78 valence electrons. The number of allylic oxidation sites excluding steroid dienone is 1. The first kappa shape index (κ1) is 10.8. The normalized spacial score (nSPS) is 23.4. The number of hydrogen-bond donors (Lipinski definition) is 1. The largest absolute Gasteiger partial charge is 0.481 e. The zero-order chi connectivity index (χ0) is 10.6. The summed E-state index contributed by atoms with van der Waals surface area (Å²) in [6, 6.07) is 0. The first-order valence-electron chi connectivity index (χ1n) is 4.81. The minimum atomic E-state index is -0.705. The molecule has 14 heavy (non-hydrogen) atoms. The van der Waals surface area contributed by atoms with Crippen molar-refractivity contribution in [3.8, 4) is 0 Å². The highest BCUT2D eigenvalue weighted by Gasteiger charge is 2.28. The number of nitrogens with zero attached hydrogens (tertiary/aromatic N) is 2. The van der Waals surface area contributed by atoms with E-state index in [9.17, 15) is 4.79 Å². The zero-order valence-electron chi connectivity index (χ0n) is 8.60. The summed E-state index contributed by atoms with van der Waals surface area (Å²) >= 11 is 0. The van der Waals surface area contributed by atoms with Gasteiger partial charge in [-0.05, 0) is 26.3 Å². The van der Waals surface area contributed by atoms with Crippen molar-refractivity contribution in [2.24, 2.45) is 10.9 Å². The van der Waals surface area contributed by atoms with Gasteiger partial charge >= 0.3 is 5.97 Å². The van der Waals surface area contributed by atoms with Crippen LogP contribution < -0.4 is 0 Å². The van der Waals surface area contributed by atoms with Gasteiger partial charge in [-0.1, -0.05) is 0 Å². The number of aliphatic imine (C=N–C) groups is 1.